The van der Waals surface area contributed by atoms with Gasteiger partial charge in [-0.2, -0.15) is 0 Å². The summed E-state index contributed by atoms with van der Waals surface area (Å²) >= 11 is 6.11. The third kappa shape index (κ3) is 4.62. The van der Waals surface area contributed by atoms with Gasteiger partial charge in [-0.1, -0.05) is 23.7 Å². The zero-order valence-electron chi connectivity index (χ0n) is 18.1. The molecule has 0 spiro atoms. The van der Waals surface area contributed by atoms with Crippen LogP contribution in [0.25, 0.3) is 0 Å². The van der Waals surface area contributed by atoms with Crippen LogP contribution in [0.15, 0.2) is 47.4 Å². The van der Waals surface area contributed by atoms with Gasteiger partial charge in [-0.15, -0.1) is 0 Å². The van der Waals surface area contributed by atoms with Gasteiger partial charge in [0.15, 0.2) is 19.7 Å². The molecule has 0 radical (unpaired) electrons. The molecule has 0 saturated carbocycles. The van der Waals surface area contributed by atoms with Crippen LogP contribution in [0.1, 0.15) is 5.56 Å². The van der Waals surface area contributed by atoms with Crippen LogP contribution in [-0.4, -0.2) is 77.8 Å². The Hall–Kier alpha value is -1.81. The second-order valence-corrected chi connectivity index (χ2v) is 13.1. The third-order valence-corrected chi connectivity index (χ3v) is 10.6. The standard InChI is InChI=1S/C22H27ClN2O5S2/c1-16-6-7-20(30-2)21(12-16)32(28,29)22-15-31(26,27)14-19(22)25-10-8-24(9-11-25)18-5-3-4-17(23)13-18/h3-7,12-13,19,22H,8-11,14-15H2,1-2H3/t19-,22-/m0/s1. The first-order valence-corrected chi connectivity index (χ1v) is 14.2. The molecule has 2 aliphatic rings. The molecular weight excluding hydrogens is 472 g/mol. The fraction of sp³-hybridized carbons (Fsp3) is 0.455. The van der Waals surface area contributed by atoms with E-state index in [0.717, 1.165) is 11.3 Å². The summed E-state index contributed by atoms with van der Waals surface area (Å²) in [5, 5.41) is -0.369. The van der Waals surface area contributed by atoms with Gasteiger partial charge in [-0.05, 0) is 42.8 Å². The van der Waals surface area contributed by atoms with Crippen LogP contribution in [0.5, 0.6) is 5.75 Å². The van der Waals surface area contributed by atoms with Crippen molar-refractivity contribution in [2.24, 2.45) is 0 Å². The van der Waals surface area contributed by atoms with Crippen LogP contribution in [0.4, 0.5) is 5.69 Å². The molecule has 0 unspecified atom stereocenters. The highest BCUT2D eigenvalue weighted by Crippen LogP contribution is 2.34. The molecule has 0 N–H and O–H groups in total. The highest BCUT2D eigenvalue weighted by Gasteiger charge is 2.49. The summed E-state index contributed by atoms with van der Waals surface area (Å²) in [6.45, 7) is 4.28. The van der Waals surface area contributed by atoms with Gasteiger partial charge in [0, 0.05) is 42.9 Å². The van der Waals surface area contributed by atoms with Crippen molar-refractivity contribution in [1.82, 2.24) is 4.90 Å². The van der Waals surface area contributed by atoms with E-state index in [4.69, 9.17) is 16.3 Å². The van der Waals surface area contributed by atoms with Gasteiger partial charge in [0.25, 0.3) is 0 Å². The summed E-state index contributed by atoms with van der Waals surface area (Å²) in [6.07, 6.45) is 0. The highest BCUT2D eigenvalue weighted by molar-refractivity contribution is 7.96. The zero-order valence-corrected chi connectivity index (χ0v) is 20.5. The van der Waals surface area contributed by atoms with Gasteiger partial charge < -0.3 is 9.64 Å². The molecule has 32 heavy (non-hydrogen) atoms. The van der Waals surface area contributed by atoms with E-state index in [2.05, 4.69) is 4.90 Å². The van der Waals surface area contributed by atoms with Crippen LogP contribution < -0.4 is 9.64 Å². The molecule has 2 aliphatic heterocycles. The lowest BCUT2D eigenvalue weighted by Gasteiger charge is -2.40. The van der Waals surface area contributed by atoms with E-state index in [0.29, 0.717) is 31.2 Å². The predicted octanol–water partition coefficient (Wildman–Crippen LogP) is 2.42. The monoisotopic (exact) mass is 498 g/mol. The fourth-order valence-electron chi connectivity index (χ4n) is 4.59. The van der Waals surface area contributed by atoms with Crippen LogP contribution in [0.3, 0.4) is 0 Å². The smallest absolute Gasteiger partial charge is 0.187 e. The van der Waals surface area contributed by atoms with Crippen molar-refractivity contribution in [3.8, 4) is 5.75 Å². The molecule has 4 rings (SSSR count). The van der Waals surface area contributed by atoms with Gasteiger partial charge in [-0.3, -0.25) is 4.90 Å². The molecule has 2 saturated heterocycles. The zero-order chi connectivity index (χ0) is 23.1. The molecule has 2 heterocycles. The summed E-state index contributed by atoms with van der Waals surface area (Å²) in [7, 11) is -5.98. The van der Waals surface area contributed by atoms with E-state index in [9.17, 15) is 16.8 Å². The molecule has 174 valence electrons. The Morgan fingerprint density at radius 3 is 2.41 bits per heavy atom. The third-order valence-electron chi connectivity index (χ3n) is 6.25. The topological polar surface area (TPSA) is 84.0 Å². The van der Waals surface area contributed by atoms with Crippen LogP contribution in [0.2, 0.25) is 5.02 Å². The number of hydrogen-bond acceptors (Lipinski definition) is 7. The predicted molar refractivity (Wildman–Crippen MR) is 126 cm³/mol. The van der Waals surface area contributed by atoms with Crippen molar-refractivity contribution in [3.63, 3.8) is 0 Å². The van der Waals surface area contributed by atoms with Gasteiger partial charge in [-0.25, -0.2) is 16.8 Å². The van der Waals surface area contributed by atoms with Crippen molar-refractivity contribution < 1.29 is 21.6 Å². The van der Waals surface area contributed by atoms with E-state index < -0.39 is 31.0 Å². The Balaban J connectivity index is 1.59. The lowest BCUT2D eigenvalue weighted by molar-refractivity contribution is 0.201. The van der Waals surface area contributed by atoms with Crippen LogP contribution >= 0.6 is 11.6 Å². The minimum absolute atomic E-state index is 0.0599. The summed E-state index contributed by atoms with van der Waals surface area (Å²) in [5.41, 5.74) is 1.78. The average Bonchev–Trinajstić information content (AvgIpc) is 3.10. The Kier molecular flexibility index (Phi) is 6.46. The number of halogens is 1. The molecule has 0 amide bonds. The average molecular weight is 499 g/mol. The largest absolute Gasteiger partial charge is 0.495 e. The molecule has 0 aromatic heterocycles. The number of benzene rings is 2. The van der Waals surface area contributed by atoms with E-state index >= 15 is 0 Å². The first kappa shape index (κ1) is 23.4. The SMILES string of the molecule is COc1ccc(C)cc1S(=O)(=O)[C@H]1CS(=O)(=O)C[C@@H]1N1CCN(c2cccc(Cl)c2)CC1. The first-order valence-electron chi connectivity index (χ1n) is 10.4. The molecule has 2 atom stereocenters. The van der Waals surface area contributed by atoms with Crippen molar-refractivity contribution in [1.29, 1.82) is 0 Å². The molecular formula is C22H27ClN2O5S2. The van der Waals surface area contributed by atoms with Crippen molar-refractivity contribution in [2.45, 2.75) is 23.1 Å². The number of hydrogen-bond donors (Lipinski definition) is 0. The summed E-state index contributed by atoms with van der Waals surface area (Å²) in [5.74, 6) is -0.280. The Morgan fingerprint density at radius 1 is 1.03 bits per heavy atom. The number of methoxy groups -OCH3 is 1. The van der Waals surface area contributed by atoms with E-state index in [1.807, 2.05) is 29.2 Å². The molecule has 0 bridgehead atoms. The fourth-order valence-corrected chi connectivity index (χ4v) is 9.85. The second kappa shape index (κ2) is 8.85. The normalized spacial score (nSPS) is 23.9. The quantitative estimate of drug-likeness (QED) is 0.626. The van der Waals surface area contributed by atoms with Crippen LogP contribution in [0, 0.1) is 6.92 Å². The van der Waals surface area contributed by atoms with Crippen molar-refractivity contribution >= 4 is 37.0 Å². The summed E-state index contributed by atoms with van der Waals surface area (Å²) in [6, 6.07) is 12.0. The van der Waals surface area contributed by atoms with Gasteiger partial charge >= 0.3 is 0 Å². The molecule has 2 fully saturated rings. The van der Waals surface area contributed by atoms with Crippen molar-refractivity contribution in [2.75, 3.05) is 49.7 Å². The lowest BCUT2D eigenvalue weighted by atomic mass is 10.1. The molecule has 2 aromatic rings. The summed E-state index contributed by atoms with van der Waals surface area (Å²) < 4.78 is 57.7. The molecule has 2 aromatic carbocycles. The first-order chi connectivity index (χ1) is 15.1. The van der Waals surface area contributed by atoms with E-state index in [1.54, 1.807) is 25.1 Å². The Labute approximate surface area is 194 Å². The number of piperazine rings is 1. The minimum Gasteiger partial charge on any atom is -0.495 e. The Morgan fingerprint density at radius 2 is 1.75 bits per heavy atom. The van der Waals surface area contributed by atoms with E-state index in [1.165, 1.54) is 7.11 Å². The second-order valence-electron chi connectivity index (χ2n) is 8.38. The number of nitrogens with zero attached hydrogens (tertiary/aromatic N) is 2. The van der Waals surface area contributed by atoms with Gasteiger partial charge in [0.1, 0.15) is 10.6 Å². The number of rotatable bonds is 5. The number of anilines is 1. The maximum Gasteiger partial charge on any atom is 0.187 e. The molecule has 7 nitrogen and oxygen atoms in total. The number of ether oxygens (including phenoxy) is 1. The minimum atomic E-state index is -3.92. The number of aryl methyl sites for hydroxylation is 1. The maximum atomic E-state index is 13.6. The van der Waals surface area contributed by atoms with E-state index in [-0.39, 0.29) is 22.2 Å². The summed E-state index contributed by atoms with van der Waals surface area (Å²) in [4.78, 5) is 4.25. The van der Waals surface area contributed by atoms with Crippen LogP contribution in [-0.2, 0) is 19.7 Å². The van der Waals surface area contributed by atoms with Gasteiger partial charge in [0.05, 0.1) is 23.9 Å². The molecule has 0 aliphatic carbocycles. The maximum absolute atomic E-state index is 13.6. The van der Waals surface area contributed by atoms with Crippen molar-refractivity contribution in [3.05, 3.63) is 53.1 Å². The van der Waals surface area contributed by atoms with Gasteiger partial charge in [0.2, 0.25) is 0 Å². The highest BCUT2D eigenvalue weighted by atomic mass is 35.5. The number of sulfone groups is 2. The lowest BCUT2D eigenvalue weighted by Crippen LogP contribution is -2.55. The molecule has 10 heteroatoms. The Bertz CT molecular complexity index is 1210.